The quantitative estimate of drug-likeness (QED) is 0.801. The third-order valence-corrected chi connectivity index (χ3v) is 3.18. The molecular weight excluding hydrogens is 196 g/mol. The van der Waals surface area contributed by atoms with Crippen molar-refractivity contribution in [3.05, 3.63) is 17.0 Å². The summed E-state index contributed by atoms with van der Waals surface area (Å²) in [4.78, 5) is 11.6. The number of anilines is 1. The Kier molecular flexibility index (Phi) is 4.10. The molecule has 3 N–H and O–H groups in total. The molecule has 4 heteroatoms. The molecule has 1 aromatic heterocycles. The monoisotopic (exact) mass is 212 g/mol. The van der Waals surface area contributed by atoms with Gasteiger partial charge in [0.05, 0.1) is 10.9 Å². The van der Waals surface area contributed by atoms with Crippen LogP contribution in [0.25, 0.3) is 0 Å². The molecular formula is C10H16N2OS. The normalized spacial score (nSPS) is 12.5. The second-order valence-corrected chi connectivity index (χ2v) is 4.18. The summed E-state index contributed by atoms with van der Waals surface area (Å²) in [6.07, 6.45) is 0.784. The first kappa shape index (κ1) is 11.2. The predicted octanol–water partition coefficient (Wildman–Crippen LogP) is 1.98. The molecule has 3 nitrogen and oxygen atoms in total. The average Bonchev–Trinajstić information content (AvgIpc) is 2.54. The van der Waals surface area contributed by atoms with Gasteiger partial charge >= 0.3 is 0 Å². The molecule has 0 fully saturated rings. The fourth-order valence-corrected chi connectivity index (χ4v) is 2.00. The number of amides is 1. The van der Waals surface area contributed by atoms with Crippen LogP contribution in [-0.2, 0) is 4.79 Å². The van der Waals surface area contributed by atoms with Crippen molar-refractivity contribution in [2.24, 2.45) is 11.7 Å². The van der Waals surface area contributed by atoms with Crippen molar-refractivity contribution in [1.29, 1.82) is 0 Å². The van der Waals surface area contributed by atoms with Crippen LogP contribution in [0.15, 0.2) is 11.4 Å². The van der Waals surface area contributed by atoms with Crippen LogP contribution in [0.3, 0.4) is 0 Å². The Morgan fingerprint density at radius 2 is 2.43 bits per heavy atom. The van der Waals surface area contributed by atoms with Crippen molar-refractivity contribution in [3.8, 4) is 0 Å². The minimum absolute atomic E-state index is 0.0283. The van der Waals surface area contributed by atoms with Gasteiger partial charge in [0.1, 0.15) is 0 Å². The molecule has 14 heavy (non-hydrogen) atoms. The molecule has 1 unspecified atom stereocenters. The van der Waals surface area contributed by atoms with Gasteiger partial charge < -0.3 is 11.1 Å². The average molecular weight is 212 g/mol. The molecule has 1 aromatic rings. The highest BCUT2D eigenvalue weighted by atomic mass is 32.1. The van der Waals surface area contributed by atoms with Gasteiger partial charge in [-0.3, -0.25) is 4.79 Å². The largest absolute Gasteiger partial charge is 0.330 e. The van der Waals surface area contributed by atoms with Crippen molar-refractivity contribution in [2.45, 2.75) is 20.3 Å². The van der Waals surface area contributed by atoms with Crippen LogP contribution in [0.2, 0.25) is 0 Å². The molecule has 0 spiro atoms. The third kappa shape index (κ3) is 2.56. The van der Waals surface area contributed by atoms with Crippen LogP contribution in [-0.4, -0.2) is 12.5 Å². The van der Waals surface area contributed by atoms with E-state index in [1.165, 1.54) is 0 Å². The molecule has 0 radical (unpaired) electrons. The van der Waals surface area contributed by atoms with E-state index in [0.717, 1.165) is 17.0 Å². The summed E-state index contributed by atoms with van der Waals surface area (Å²) in [6, 6.07) is 1.99. The van der Waals surface area contributed by atoms with Crippen LogP contribution in [0.5, 0.6) is 0 Å². The van der Waals surface area contributed by atoms with Crippen LogP contribution in [0.4, 0.5) is 5.00 Å². The summed E-state index contributed by atoms with van der Waals surface area (Å²) >= 11 is 1.54. The van der Waals surface area contributed by atoms with Gasteiger partial charge in [0, 0.05) is 6.54 Å². The van der Waals surface area contributed by atoms with E-state index in [4.69, 9.17) is 5.73 Å². The Labute approximate surface area is 88.3 Å². The van der Waals surface area contributed by atoms with E-state index in [1.54, 1.807) is 11.3 Å². The minimum Gasteiger partial charge on any atom is -0.330 e. The molecule has 0 aromatic carbocycles. The van der Waals surface area contributed by atoms with E-state index in [2.05, 4.69) is 5.32 Å². The van der Waals surface area contributed by atoms with Crippen LogP contribution >= 0.6 is 11.3 Å². The summed E-state index contributed by atoms with van der Waals surface area (Å²) in [5.41, 5.74) is 6.60. The summed E-state index contributed by atoms with van der Waals surface area (Å²) in [6.45, 7) is 4.36. The lowest BCUT2D eigenvalue weighted by Gasteiger charge is -2.11. The smallest absolute Gasteiger partial charge is 0.229 e. The van der Waals surface area contributed by atoms with Crippen molar-refractivity contribution >= 4 is 22.2 Å². The molecule has 0 saturated heterocycles. The van der Waals surface area contributed by atoms with Crippen molar-refractivity contribution < 1.29 is 4.79 Å². The number of aryl methyl sites for hydroxylation is 1. The molecule has 0 bridgehead atoms. The molecule has 1 atom stereocenters. The zero-order chi connectivity index (χ0) is 10.6. The summed E-state index contributed by atoms with van der Waals surface area (Å²) in [7, 11) is 0. The highest BCUT2D eigenvalue weighted by molar-refractivity contribution is 7.14. The number of nitrogens with one attached hydrogen (secondary N) is 1. The molecule has 1 amide bonds. The van der Waals surface area contributed by atoms with Gasteiger partial charge in [-0.05, 0) is 30.4 Å². The first-order chi connectivity index (χ1) is 6.69. The Morgan fingerprint density at radius 3 is 2.86 bits per heavy atom. The zero-order valence-electron chi connectivity index (χ0n) is 8.54. The topological polar surface area (TPSA) is 55.1 Å². The fraction of sp³-hybridized carbons (Fsp3) is 0.500. The summed E-state index contributed by atoms with van der Waals surface area (Å²) in [5.74, 6) is -0.0444. The first-order valence-corrected chi connectivity index (χ1v) is 5.62. The van der Waals surface area contributed by atoms with Crippen molar-refractivity contribution in [3.63, 3.8) is 0 Å². The number of carbonyl (C=O) groups excluding carboxylic acids is 1. The van der Waals surface area contributed by atoms with E-state index in [0.29, 0.717) is 6.54 Å². The first-order valence-electron chi connectivity index (χ1n) is 4.74. The van der Waals surface area contributed by atoms with Gasteiger partial charge in [-0.25, -0.2) is 0 Å². The fourth-order valence-electron chi connectivity index (χ4n) is 1.17. The number of thiophene rings is 1. The van der Waals surface area contributed by atoms with Crippen LogP contribution in [0.1, 0.15) is 18.9 Å². The lowest BCUT2D eigenvalue weighted by molar-refractivity contribution is -0.119. The second-order valence-electron chi connectivity index (χ2n) is 3.26. The Balaban J connectivity index is 2.61. The van der Waals surface area contributed by atoms with E-state index in [9.17, 15) is 4.79 Å². The van der Waals surface area contributed by atoms with Crippen LogP contribution in [0, 0.1) is 12.8 Å². The van der Waals surface area contributed by atoms with E-state index >= 15 is 0 Å². The van der Waals surface area contributed by atoms with Gasteiger partial charge in [-0.2, -0.15) is 0 Å². The molecule has 78 valence electrons. The van der Waals surface area contributed by atoms with E-state index in [1.807, 2.05) is 25.3 Å². The van der Waals surface area contributed by atoms with Crippen molar-refractivity contribution in [2.75, 3.05) is 11.9 Å². The lowest BCUT2D eigenvalue weighted by atomic mass is 10.1. The zero-order valence-corrected chi connectivity index (χ0v) is 9.36. The molecule has 1 rings (SSSR count). The number of carbonyl (C=O) groups is 1. The number of nitrogens with two attached hydrogens (primary N) is 1. The maximum absolute atomic E-state index is 11.6. The summed E-state index contributed by atoms with van der Waals surface area (Å²) < 4.78 is 0. The Bertz CT molecular complexity index is 305. The maximum atomic E-state index is 11.6. The lowest BCUT2D eigenvalue weighted by Crippen LogP contribution is -2.28. The molecule has 1 heterocycles. The molecule has 0 aliphatic heterocycles. The Hall–Kier alpha value is -0.870. The van der Waals surface area contributed by atoms with Gasteiger partial charge in [-0.15, -0.1) is 11.3 Å². The van der Waals surface area contributed by atoms with Gasteiger partial charge in [-0.1, -0.05) is 6.92 Å². The van der Waals surface area contributed by atoms with E-state index in [-0.39, 0.29) is 11.8 Å². The number of rotatable bonds is 4. The molecule has 0 saturated carbocycles. The number of hydrogen-bond acceptors (Lipinski definition) is 3. The van der Waals surface area contributed by atoms with Gasteiger partial charge in [0.25, 0.3) is 0 Å². The predicted molar refractivity (Wildman–Crippen MR) is 60.5 cm³/mol. The van der Waals surface area contributed by atoms with Gasteiger partial charge in [0.15, 0.2) is 0 Å². The minimum atomic E-state index is -0.0727. The molecule has 0 aliphatic carbocycles. The highest BCUT2D eigenvalue weighted by Crippen LogP contribution is 2.22. The number of hydrogen-bond donors (Lipinski definition) is 2. The van der Waals surface area contributed by atoms with E-state index < -0.39 is 0 Å². The third-order valence-electron chi connectivity index (χ3n) is 2.25. The highest BCUT2D eigenvalue weighted by Gasteiger charge is 2.15. The Morgan fingerprint density at radius 1 is 1.71 bits per heavy atom. The standard InChI is InChI=1S/C10H16N2OS/c1-3-8(6-11)9(13)12-10-7(2)4-5-14-10/h4-5,8H,3,6,11H2,1-2H3,(H,12,13). The summed E-state index contributed by atoms with van der Waals surface area (Å²) in [5, 5.41) is 5.79. The van der Waals surface area contributed by atoms with Crippen LogP contribution < -0.4 is 11.1 Å². The maximum Gasteiger partial charge on any atom is 0.229 e. The SMILES string of the molecule is CCC(CN)C(=O)Nc1sccc1C. The van der Waals surface area contributed by atoms with Crippen molar-refractivity contribution in [1.82, 2.24) is 0 Å². The second kappa shape index (κ2) is 5.12. The van der Waals surface area contributed by atoms with Gasteiger partial charge in [0.2, 0.25) is 5.91 Å². The molecule has 0 aliphatic rings.